The van der Waals surface area contributed by atoms with Crippen molar-refractivity contribution in [3.63, 3.8) is 0 Å². The van der Waals surface area contributed by atoms with Gasteiger partial charge in [0, 0.05) is 13.1 Å². The monoisotopic (exact) mass is 810 g/mol. The molecule has 2 aromatic heterocycles. The number of nitrogens with zero attached hydrogens (tertiary/aromatic N) is 6. The van der Waals surface area contributed by atoms with Crippen LogP contribution >= 0.6 is 0 Å². The zero-order valence-electron chi connectivity index (χ0n) is 30.1. The molecule has 21 heteroatoms. The molecule has 2 fully saturated rings. The van der Waals surface area contributed by atoms with Gasteiger partial charge in [-0.15, -0.1) is 0 Å². The number of aromatic nitrogens is 4. The third-order valence-electron chi connectivity index (χ3n) is 9.26. The molecule has 4 heterocycles. The Labute approximate surface area is 322 Å². The molecule has 2 unspecified atom stereocenters. The first-order valence-electron chi connectivity index (χ1n) is 17.7. The zero-order chi connectivity index (χ0) is 39.9. The van der Waals surface area contributed by atoms with Gasteiger partial charge in [0.15, 0.2) is 18.3 Å². The Morgan fingerprint density at radius 3 is 1.75 bits per heavy atom. The predicted molar refractivity (Wildman–Crippen MR) is 204 cm³/mol. The van der Waals surface area contributed by atoms with Crippen LogP contribution in [0.15, 0.2) is 93.4 Å². The molecule has 8 N–H and O–H groups in total. The molecule has 7 rings (SSSR count). The average Bonchev–Trinajstić information content (AvgIpc) is 3.88. The molecule has 2 aliphatic heterocycles. The highest BCUT2D eigenvalue weighted by Crippen LogP contribution is 2.27. The highest BCUT2D eigenvalue weighted by Gasteiger charge is 2.39. The number of oxime groups is 2. The SMILES string of the molecule is N/C(=N\O)C1CCCCN1S(=O)(=O)c1nc2ccccc2[nH]1.N/C(=N\OC(=O)COc1ccc(CO)cc1)C1CCCCN1S(=O)(=O)c1nc2ccccc2[nH]1. The van der Waals surface area contributed by atoms with E-state index >= 15 is 0 Å². The summed E-state index contributed by atoms with van der Waals surface area (Å²) < 4.78 is 60.1. The van der Waals surface area contributed by atoms with Crippen LogP contribution in [0.25, 0.3) is 22.1 Å². The van der Waals surface area contributed by atoms with E-state index in [9.17, 15) is 21.6 Å². The lowest BCUT2D eigenvalue weighted by atomic mass is 10.0. The first kappa shape index (κ1) is 40.1. The molecular weight excluding hydrogens is 769 g/mol. The summed E-state index contributed by atoms with van der Waals surface area (Å²) in [6.07, 6.45) is 3.91. The fourth-order valence-corrected chi connectivity index (χ4v) is 9.58. The van der Waals surface area contributed by atoms with E-state index in [4.69, 9.17) is 31.4 Å². The van der Waals surface area contributed by atoms with Gasteiger partial charge in [0.2, 0.25) is 10.3 Å². The molecule has 3 aromatic carbocycles. The second-order valence-electron chi connectivity index (χ2n) is 13.0. The zero-order valence-corrected chi connectivity index (χ0v) is 31.7. The van der Waals surface area contributed by atoms with Gasteiger partial charge in [-0.25, -0.2) is 31.6 Å². The number of hydrogen-bond donors (Lipinski definition) is 6. The number of fused-ring (bicyclic) bond motifs is 2. The van der Waals surface area contributed by atoms with Crippen molar-refractivity contribution in [1.29, 1.82) is 0 Å². The lowest BCUT2D eigenvalue weighted by molar-refractivity contribution is -0.146. The van der Waals surface area contributed by atoms with Crippen molar-refractivity contribution in [3.8, 4) is 5.75 Å². The number of nitrogens with two attached hydrogens (primary N) is 2. The number of ether oxygens (including phenoxy) is 1. The number of carbonyl (C=O) groups excluding carboxylic acids is 1. The highest BCUT2D eigenvalue weighted by atomic mass is 32.2. The van der Waals surface area contributed by atoms with Gasteiger partial charge < -0.3 is 41.3 Å². The van der Waals surface area contributed by atoms with Crippen molar-refractivity contribution >= 4 is 59.8 Å². The van der Waals surface area contributed by atoms with E-state index in [-0.39, 0.29) is 35.1 Å². The number of nitrogens with one attached hydrogen (secondary N) is 2. The molecule has 2 aliphatic rings. The topological polar surface area (TPSA) is 285 Å². The number of rotatable bonds is 11. The lowest BCUT2D eigenvalue weighted by Crippen LogP contribution is -2.50. The number of amidine groups is 2. The number of carbonyl (C=O) groups is 1. The Balaban J connectivity index is 0.000000208. The second-order valence-corrected chi connectivity index (χ2v) is 16.6. The molecule has 0 spiro atoms. The van der Waals surface area contributed by atoms with E-state index in [0.717, 1.165) is 19.3 Å². The third kappa shape index (κ3) is 8.92. The molecule has 2 atom stereocenters. The number of aliphatic hydroxyl groups is 1. The lowest BCUT2D eigenvalue weighted by Gasteiger charge is -2.32. The van der Waals surface area contributed by atoms with Crippen LogP contribution in [-0.4, -0.2) is 105 Å². The minimum Gasteiger partial charge on any atom is -0.482 e. The summed E-state index contributed by atoms with van der Waals surface area (Å²) in [6, 6.07) is 19.3. The van der Waals surface area contributed by atoms with Gasteiger partial charge in [0.25, 0.3) is 20.0 Å². The van der Waals surface area contributed by atoms with E-state index < -0.39 is 44.7 Å². The van der Waals surface area contributed by atoms with Crippen LogP contribution in [0.1, 0.15) is 44.1 Å². The Hall–Kier alpha value is -5.61. The fourth-order valence-electron chi connectivity index (χ4n) is 6.39. The quantitative estimate of drug-likeness (QED) is 0.0368. The number of imidazole rings is 2. The Morgan fingerprint density at radius 1 is 0.768 bits per heavy atom. The van der Waals surface area contributed by atoms with Crippen LogP contribution in [0, 0.1) is 0 Å². The van der Waals surface area contributed by atoms with Crippen molar-refractivity contribution in [3.05, 3.63) is 78.4 Å². The van der Waals surface area contributed by atoms with Crippen LogP contribution in [0.5, 0.6) is 5.75 Å². The third-order valence-corrected chi connectivity index (χ3v) is 12.7. The van der Waals surface area contributed by atoms with Crippen molar-refractivity contribution in [2.75, 3.05) is 19.7 Å². The van der Waals surface area contributed by atoms with Crippen LogP contribution < -0.4 is 16.2 Å². The van der Waals surface area contributed by atoms with Gasteiger partial charge in [0.1, 0.15) is 5.75 Å². The van der Waals surface area contributed by atoms with Crippen LogP contribution in [0.2, 0.25) is 0 Å². The standard InChI is InChI=1S/C22H25N5O6S.C13H17N5O3S/c23-21(26-33-20(29)14-32-16-10-8-15(13-28)9-11-16)19-7-3-4-12-27(19)34(30,31)22-24-17-5-1-2-6-18(17)25-22;14-12(17-19)11-7-3-4-8-18(11)22(20,21)13-15-9-5-1-2-6-10(9)16-13/h1-2,5-6,8-11,19,28H,3-4,7,12-14H2,(H2,23,26)(H,24,25);1-2,5-6,11,19H,3-4,7-8H2,(H2,14,17)(H,15,16). The second kappa shape index (κ2) is 17.5. The summed E-state index contributed by atoms with van der Waals surface area (Å²) in [7, 11) is -7.82. The van der Waals surface area contributed by atoms with Gasteiger partial charge in [-0.05, 0) is 67.6 Å². The maximum Gasteiger partial charge on any atom is 0.372 e. The van der Waals surface area contributed by atoms with E-state index in [2.05, 4.69) is 30.2 Å². The molecule has 0 aliphatic carbocycles. The number of piperidine rings is 2. The van der Waals surface area contributed by atoms with Gasteiger partial charge in [-0.3, -0.25) is 0 Å². The van der Waals surface area contributed by atoms with E-state index in [1.165, 1.54) is 8.61 Å². The Kier molecular flexibility index (Phi) is 12.5. The van der Waals surface area contributed by atoms with Crippen molar-refractivity contribution in [2.45, 2.75) is 67.5 Å². The average molecular weight is 811 g/mol. The molecule has 0 amide bonds. The van der Waals surface area contributed by atoms with Crippen LogP contribution in [-0.2, 0) is 36.3 Å². The summed E-state index contributed by atoms with van der Waals surface area (Å²) in [4.78, 5) is 30.9. The fraction of sp³-hybridized carbons (Fsp3) is 0.343. The van der Waals surface area contributed by atoms with E-state index in [1.807, 2.05) is 0 Å². The number of hydrogen-bond acceptors (Lipinski definition) is 13. The van der Waals surface area contributed by atoms with E-state index in [1.54, 1.807) is 72.8 Å². The van der Waals surface area contributed by atoms with Crippen molar-refractivity contribution in [1.82, 2.24) is 28.5 Å². The summed E-state index contributed by atoms with van der Waals surface area (Å²) >= 11 is 0. The number of benzene rings is 3. The summed E-state index contributed by atoms with van der Waals surface area (Å²) in [6.45, 7) is 0.0445. The van der Waals surface area contributed by atoms with E-state index in [0.29, 0.717) is 59.2 Å². The molecule has 0 saturated carbocycles. The highest BCUT2D eigenvalue weighted by molar-refractivity contribution is 7.89. The molecule has 0 bridgehead atoms. The number of para-hydroxylation sites is 4. The van der Waals surface area contributed by atoms with Crippen LogP contribution in [0.3, 0.4) is 0 Å². The number of aromatic amines is 2. The molecule has 19 nitrogen and oxygen atoms in total. The molecule has 0 radical (unpaired) electrons. The summed E-state index contributed by atoms with van der Waals surface area (Å²) in [5.74, 6) is -0.599. The number of sulfonamides is 2. The van der Waals surface area contributed by atoms with Gasteiger partial charge in [-0.1, -0.05) is 59.6 Å². The molecular formula is C35H42N10O9S2. The molecule has 298 valence electrons. The summed E-state index contributed by atoms with van der Waals surface area (Å²) in [5, 5.41) is 24.3. The normalized spacial score (nSPS) is 19.0. The molecule has 2 saturated heterocycles. The smallest absolute Gasteiger partial charge is 0.372 e. The van der Waals surface area contributed by atoms with Crippen molar-refractivity contribution < 1.29 is 41.5 Å². The minimum atomic E-state index is -3.99. The number of aliphatic hydroxyl groups excluding tert-OH is 1. The first-order valence-corrected chi connectivity index (χ1v) is 20.6. The van der Waals surface area contributed by atoms with Gasteiger partial charge in [0.05, 0.1) is 40.8 Å². The van der Waals surface area contributed by atoms with Crippen LogP contribution in [0.4, 0.5) is 0 Å². The maximum atomic E-state index is 13.3. The first-order chi connectivity index (χ1) is 26.9. The molecule has 56 heavy (non-hydrogen) atoms. The van der Waals surface area contributed by atoms with Crippen molar-refractivity contribution in [2.24, 2.45) is 21.8 Å². The van der Waals surface area contributed by atoms with Gasteiger partial charge >= 0.3 is 5.97 Å². The predicted octanol–water partition coefficient (Wildman–Crippen LogP) is 2.35. The Morgan fingerprint density at radius 2 is 1.27 bits per heavy atom. The minimum absolute atomic E-state index is 0.0967. The summed E-state index contributed by atoms with van der Waals surface area (Å²) in [5.41, 5.74) is 14.8. The largest absolute Gasteiger partial charge is 0.482 e. The Bertz CT molecular complexity index is 2370. The number of H-pyrrole nitrogens is 2. The van der Waals surface area contributed by atoms with Gasteiger partial charge in [-0.2, -0.15) is 8.61 Å². The molecule has 5 aromatic rings. The maximum absolute atomic E-state index is 13.3.